The van der Waals surface area contributed by atoms with Crippen molar-refractivity contribution in [2.75, 3.05) is 6.61 Å². The highest BCUT2D eigenvalue weighted by Crippen LogP contribution is 2.18. The Balaban J connectivity index is 1.75. The predicted molar refractivity (Wildman–Crippen MR) is 115 cm³/mol. The van der Waals surface area contributed by atoms with Crippen molar-refractivity contribution in [1.29, 1.82) is 0 Å². The molecule has 0 fully saturated rings. The molecule has 3 aromatic rings. The van der Waals surface area contributed by atoms with E-state index in [1.54, 1.807) is 6.26 Å². The van der Waals surface area contributed by atoms with E-state index in [9.17, 15) is 0 Å². The fraction of sp³-hybridized carbons (Fsp3) is 0.333. The quantitative estimate of drug-likeness (QED) is 0.339. The summed E-state index contributed by atoms with van der Waals surface area (Å²) in [6.07, 6.45) is 7.27. The van der Waals surface area contributed by atoms with Gasteiger partial charge in [-0.25, -0.2) is 0 Å². The number of hydrogen-bond acceptors (Lipinski definition) is 2. The summed E-state index contributed by atoms with van der Waals surface area (Å²) in [6, 6.07) is 27.0. The number of furan rings is 1. The van der Waals surface area contributed by atoms with Crippen molar-refractivity contribution in [3.63, 3.8) is 0 Å². The zero-order chi connectivity index (χ0) is 18.8. The fourth-order valence-corrected chi connectivity index (χ4v) is 7.83. The number of aryl methyl sites for hydroxylation is 1. The third kappa shape index (κ3) is 5.21. The lowest BCUT2D eigenvalue weighted by atomic mass is 10.2. The molecule has 3 heteroatoms. The van der Waals surface area contributed by atoms with Gasteiger partial charge in [-0.1, -0.05) is 80.4 Å². The van der Waals surface area contributed by atoms with Gasteiger partial charge in [0.25, 0.3) is 8.32 Å². The van der Waals surface area contributed by atoms with Crippen LogP contribution in [0.3, 0.4) is 0 Å². The molecule has 0 aliphatic heterocycles. The molecule has 142 valence electrons. The Morgan fingerprint density at radius 3 is 2.00 bits per heavy atom. The SMILES string of the molecule is CCCC[Si](OCCCCc1ccco1)(c1ccccc1)c1ccccc1. The lowest BCUT2D eigenvalue weighted by molar-refractivity contribution is 0.302. The molecule has 0 N–H and O–H groups in total. The van der Waals surface area contributed by atoms with Crippen LogP contribution < -0.4 is 10.4 Å². The van der Waals surface area contributed by atoms with Gasteiger partial charge in [0, 0.05) is 13.0 Å². The van der Waals surface area contributed by atoms with Crippen LogP contribution in [0.15, 0.2) is 83.5 Å². The molecule has 0 aliphatic rings. The van der Waals surface area contributed by atoms with Crippen molar-refractivity contribution in [2.24, 2.45) is 0 Å². The van der Waals surface area contributed by atoms with E-state index in [0.29, 0.717) is 0 Å². The molecule has 0 saturated carbocycles. The van der Waals surface area contributed by atoms with Crippen LogP contribution in [0.25, 0.3) is 0 Å². The van der Waals surface area contributed by atoms with E-state index in [0.717, 1.165) is 37.7 Å². The van der Waals surface area contributed by atoms with Gasteiger partial charge in [-0.3, -0.25) is 0 Å². The summed E-state index contributed by atoms with van der Waals surface area (Å²) in [4.78, 5) is 0. The van der Waals surface area contributed by atoms with E-state index in [1.807, 2.05) is 6.07 Å². The van der Waals surface area contributed by atoms with Crippen LogP contribution in [0.1, 0.15) is 38.4 Å². The van der Waals surface area contributed by atoms with Crippen molar-refractivity contribution in [2.45, 2.75) is 45.1 Å². The van der Waals surface area contributed by atoms with Crippen LogP contribution in [0.4, 0.5) is 0 Å². The van der Waals surface area contributed by atoms with E-state index in [1.165, 1.54) is 23.2 Å². The molecule has 2 nitrogen and oxygen atoms in total. The minimum absolute atomic E-state index is 0.806. The minimum Gasteiger partial charge on any atom is -0.469 e. The molecule has 0 radical (unpaired) electrons. The second-order valence-electron chi connectivity index (χ2n) is 7.05. The second-order valence-corrected chi connectivity index (χ2v) is 10.6. The Morgan fingerprint density at radius 2 is 1.44 bits per heavy atom. The molecule has 0 amide bonds. The Hall–Kier alpha value is -2.10. The molecule has 1 heterocycles. The highest BCUT2D eigenvalue weighted by molar-refractivity contribution is 6.97. The summed E-state index contributed by atoms with van der Waals surface area (Å²) in [5, 5.41) is 2.77. The van der Waals surface area contributed by atoms with Gasteiger partial charge >= 0.3 is 0 Å². The van der Waals surface area contributed by atoms with E-state index < -0.39 is 8.32 Å². The normalized spacial score (nSPS) is 11.6. The monoisotopic (exact) mass is 378 g/mol. The van der Waals surface area contributed by atoms with Crippen LogP contribution in [-0.4, -0.2) is 14.9 Å². The molecule has 0 bridgehead atoms. The zero-order valence-electron chi connectivity index (χ0n) is 16.3. The van der Waals surface area contributed by atoms with Gasteiger partial charge in [0.1, 0.15) is 5.76 Å². The highest BCUT2D eigenvalue weighted by Gasteiger charge is 2.38. The first-order valence-electron chi connectivity index (χ1n) is 10.1. The molecule has 0 unspecified atom stereocenters. The first-order chi connectivity index (χ1) is 13.3. The number of unbranched alkanes of at least 4 members (excludes halogenated alkanes) is 2. The van der Waals surface area contributed by atoms with Crippen LogP contribution in [-0.2, 0) is 10.8 Å². The van der Waals surface area contributed by atoms with Crippen molar-refractivity contribution in [3.05, 3.63) is 84.8 Å². The van der Waals surface area contributed by atoms with Crippen molar-refractivity contribution in [3.8, 4) is 0 Å². The van der Waals surface area contributed by atoms with Crippen LogP contribution in [0, 0.1) is 0 Å². The largest absolute Gasteiger partial charge is 0.469 e. The standard InChI is InChI=1S/C24H30O2Si/c1-2-3-21-27(23-15-6-4-7-16-23,24-17-8-5-9-18-24)26-20-11-10-13-22-14-12-19-25-22/h4-9,12,14-19H,2-3,10-11,13,20-21H2,1H3. The van der Waals surface area contributed by atoms with E-state index in [-0.39, 0.29) is 0 Å². The van der Waals surface area contributed by atoms with Crippen LogP contribution in [0.2, 0.25) is 6.04 Å². The minimum atomic E-state index is -2.21. The van der Waals surface area contributed by atoms with Crippen LogP contribution in [0.5, 0.6) is 0 Å². The molecule has 3 rings (SSSR count). The van der Waals surface area contributed by atoms with Gasteiger partial charge in [-0.15, -0.1) is 0 Å². The van der Waals surface area contributed by atoms with Gasteiger partial charge in [0.2, 0.25) is 0 Å². The molecule has 0 saturated heterocycles. The Bertz CT molecular complexity index is 714. The predicted octanol–water partition coefficient (Wildman–Crippen LogP) is 5.18. The van der Waals surface area contributed by atoms with E-state index in [2.05, 4.69) is 73.7 Å². The molecule has 1 aromatic heterocycles. The molecular weight excluding hydrogens is 348 g/mol. The number of benzene rings is 2. The Kier molecular flexibility index (Phi) is 7.49. The van der Waals surface area contributed by atoms with Gasteiger partial charge in [0.15, 0.2) is 0 Å². The van der Waals surface area contributed by atoms with Gasteiger partial charge in [-0.2, -0.15) is 0 Å². The van der Waals surface area contributed by atoms with E-state index in [4.69, 9.17) is 8.84 Å². The first-order valence-corrected chi connectivity index (χ1v) is 12.2. The topological polar surface area (TPSA) is 22.4 Å². The molecular formula is C24H30O2Si. The smallest absolute Gasteiger partial charge is 0.255 e. The Labute approximate surface area is 164 Å². The molecule has 0 atom stereocenters. The zero-order valence-corrected chi connectivity index (χ0v) is 17.3. The summed E-state index contributed by atoms with van der Waals surface area (Å²) in [6.45, 7) is 3.07. The maximum atomic E-state index is 6.83. The number of rotatable bonds is 11. The first kappa shape index (κ1) is 19.7. The van der Waals surface area contributed by atoms with Crippen LogP contribution >= 0.6 is 0 Å². The summed E-state index contributed by atoms with van der Waals surface area (Å²) in [5.41, 5.74) is 0. The summed E-state index contributed by atoms with van der Waals surface area (Å²) >= 11 is 0. The van der Waals surface area contributed by atoms with E-state index >= 15 is 0 Å². The van der Waals surface area contributed by atoms with Crippen molar-refractivity contribution >= 4 is 18.7 Å². The third-order valence-corrected chi connectivity index (χ3v) is 9.40. The molecule has 0 aliphatic carbocycles. The van der Waals surface area contributed by atoms with Crippen molar-refractivity contribution < 1.29 is 8.84 Å². The van der Waals surface area contributed by atoms with Crippen molar-refractivity contribution in [1.82, 2.24) is 0 Å². The lowest BCUT2D eigenvalue weighted by Crippen LogP contribution is -2.60. The summed E-state index contributed by atoms with van der Waals surface area (Å²) < 4.78 is 12.3. The lowest BCUT2D eigenvalue weighted by Gasteiger charge is -2.32. The fourth-order valence-electron chi connectivity index (χ4n) is 3.64. The van der Waals surface area contributed by atoms with Gasteiger partial charge in [-0.05, 0) is 41.4 Å². The van der Waals surface area contributed by atoms with Gasteiger partial charge in [0.05, 0.1) is 6.26 Å². The third-order valence-electron chi connectivity index (χ3n) is 5.11. The maximum absolute atomic E-state index is 6.83. The average Bonchev–Trinajstić information content (AvgIpc) is 3.25. The average molecular weight is 379 g/mol. The maximum Gasteiger partial charge on any atom is 0.255 e. The molecule has 27 heavy (non-hydrogen) atoms. The second kappa shape index (κ2) is 10.3. The van der Waals surface area contributed by atoms with Gasteiger partial charge < -0.3 is 8.84 Å². The summed E-state index contributed by atoms with van der Waals surface area (Å²) in [7, 11) is -2.21. The summed E-state index contributed by atoms with van der Waals surface area (Å²) in [5.74, 6) is 1.07. The molecule has 2 aromatic carbocycles. The number of hydrogen-bond donors (Lipinski definition) is 0. The molecule has 0 spiro atoms. The Morgan fingerprint density at radius 1 is 0.778 bits per heavy atom. The highest BCUT2D eigenvalue weighted by atomic mass is 28.4.